The Labute approximate surface area is 190 Å². The van der Waals surface area contributed by atoms with E-state index in [1.165, 1.54) is 48.8 Å². The van der Waals surface area contributed by atoms with Crippen molar-refractivity contribution in [1.29, 1.82) is 0 Å². The molecule has 0 nitrogen and oxygen atoms in total. The molecule has 153 valence electrons. The van der Waals surface area contributed by atoms with E-state index in [4.69, 9.17) is 0 Å². The second-order valence-corrected chi connectivity index (χ2v) is 7.38. The van der Waals surface area contributed by atoms with Crippen LogP contribution in [0.25, 0.3) is 6.08 Å². The molecule has 0 amide bonds. The quantitative estimate of drug-likeness (QED) is 0.410. The van der Waals surface area contributed by atoms with Gasteiger partial charge < -0.3 is 0 Å². The van der Waals surface area contributed by atoms with Gasteiger partial charge in [-0.1, -0.05) is 91.6 Å². The molecule has 0 spiro atoms. The molecule has 1 saturated carbocycles. The third kappa shape index (κ3) is 9.90. The van der Waals surface area contributed by atoms with E-state index in [0.29, 0.717) is 0 Å². The van der Waals surface area contributed by atoms with Gasteiger partial charge in [0, 0.05) is 18.6 Å². The molecule has 0 heterocycles. The van der Waals surface area contributed by atoms with Crippen molar-refractivity contribution >= 4 is 23.9 Å². The van der Waals surface area contributed by atoms with Gasteiger partial charge >= 0.3 is 0 Å². The summed E-state index contributed by atoms with van der Waals surface area (Å²) in [4.78, 5) is 0. The molecule has 2 aromatic carbocycles. The molecule has 2 aromatic rings. The van der Waals surface area contributed by atoms with Crippen molar-refractivity contribution in [2.75, 3.05) is 0 Å². The third-order valence-electron chi connectivity index (χ3n) is 5.35. The van der Waals surface area contributed by atoms with Gasteiger partial charge in [0.25, 0.3) is 0 Å². The molecule has 1 fully saturated rings. The van der Waals surface area contributed by atoms with Crippen LogP contribution in [0.1, 0.15) is 74.1 Å². The van der Waals surface area contributed by atoms with Crippen LogP contribution in [0.15, 0.2) is 54.6 Å². The Morgan fingerprint density at radius 2 is 1.36 bits per heavy atom. The molecular weight excluding hydrogens is 413 g/mol. The summed E-state index contributed by atoms with van der Waals surface area (Å²) in [6.45, 7) is 8.63. The van der Waals surface area contributed by atoms with E-state index in [1.807, 2.05) is 13.0 Å². The van der Waals surface area contributed by atoms with E-state index in [2.05, 4.69) is 93.2 Å². The van der Waals surface area contributed by atoms with Gasteiger partial charge in [-0.3, -0.25) is 0 Å². The molecule has 1 aliphatic carbocycles. The molecule has 0 aliphatic heterocycles. The number of benzene rings is 2. The smallest absolute Gasteiger partial charge is 0 e. The maximum absolute atomic E-state index is 2.34. The molecule has 3 rings (SSSR count). The number of hydrogen-bond donors (Lipinski definition) is 0. The summed E-state index contributed by atoms with van der Waals surface area (Å²) in [5.74, 6) is 1.77. The zero-order chi connectivity index (χ0) is 20.1. The first kappa shape index (κ1) is 27.6. The minimum absolute atomic E-state index is 0. The number of hydrogen-bond acceptors (Lipinski definition) is 0. The van der Waals surface area contributed by atoms with Gasteiger partial charge in [0.1, 0.15) is 0 Å². The Bertz CT molecular complexity index is 641. The van der Waals surface area contributed by atoms with E-state index in [-0.39, 0.29) is 18.6 Å². The van der Waals surface area contributed by atoms with Crippen molar-refractivity contribution in [3.8, 4) is 0 Å². The molecule has 1 radical (unpaired) electrons. The van der Waals surface area contributed by atoms with Crippen molar-refractivity contribution < 1.29 is 18.6 Å². The molecule has 28 heavy (non-hydrogen) atoms. The third-order valence-corrected chi connectivity index (χ3v) is 5.35. The molecule has 3 atom stereocenters. The zero-order valence-electron chi connectivity index (χ0n) is 18.1. The van der Waals surface area contributed by atoms with E-state index in [0.717, 1.165) is 11.8 Å². The summed E-state index contributed by atoms with van der Waals surface area (Å²) in [7, 11) is 4.67. The molecular formula is C25H38P2V. The topological polar surface area (TPSA) is 0 Å². The summed E-state index contributed by atoms with van der Waals surface area (Å²) in [5, 5.41) is 0. The minimum Gasteiger partial charge on any atom is -0.118 e. The first-order valence-corrected chi connectivity index (χ1v) is 12.9. The van der Waals surface area contributed by atoms with Crippen LogP contribution in [-0.2, 0) is 18.6 Å². The maximum atomic E-state index is 2.34. The van der Waals surface area contributed by atoms with Gasteiger partial charge in [0.15, 0.2) is 0 Å². The van der Waals surface area contributed by atoms with Crippen molar-refractivity contribution in [2.24, 2.45) is 5.92 Å². The van der Waals surface area contributed by atoms with Crippen LogP contribution in [0.5, 0.6) is 0 Å². The van der Waals surface area contributed by atoms with E-state index < -0.39 is 0 Å². The molecule has 0 N–H and O–H groups in total. The van der Waals surface area contributed by atoms with Crippen LogP contribution in [-0.4, -0.2) is 0 Å². The SMILES string of the molecule is C/C=C/c1ccc(C)cc1.CCC(c1ccc(C)cc1)C1CCCC1.PP.[V]. The summed E-state index contributed by atoms with van der Waals surface area (Å²) in [6.07, 6.45) is 11.2. The monoisotopic (exact) mass is 451 g/mol. The van der Waals surface area contributed by atoms with Crippen LogP contribution in [0.2, 0.25) is 0 Å². The predicted molar refractivity (Wildman–Crippen MR) is 131 cm³/mol. The van der Waals surface area contributed by atoms with Crippen molar-refractivity contribution in [1.82, 2.24) is 0 Å². The summed E-state index contributed by atoms with van der Waals surface area (Å²) in [5.41, 5.74) is 5.52. The summed E-state index contributed by atoms with van der Waals surface area (Å²) < 4.78 is 0. The van der Waals surface area contributed by atoms with E-state index in [9.17, 15) is 0 Å². The molecule has 3 heteroatoms. The Morgan fingerprint density at radius 3 is 1.79 bits per heavy atom. The van der Waals surface area contributed by atoms with Crippen LogP contribution < -0.4 is 0 Å². The number of rotatable bonds is 4. The molecule has 0 saturated heterocycles. The van der Waals surface area contributed by atoms with Gasteiger partial charge in [-0.25, -0.2) is 0 Å². The second-order valence-electron chi connectivity index (χ2n) is 7.38. The summed E-state index contributed by atoms with van der Waals surface area (Å²) in [6, 6.07) is 17.7. The Hall–Kier alpha value is -0.376. The maximum Gasteiger partial charge on any atom is 0 e. The van der Waals surface area contributed by atoms with Crippen molar-refractivity contribution in [2.45, 2.75) is 65.7 Å². The Morgan fingerprint density at radius 1 is 0.893 bits per heavy atom. The van der Waals surface area contributed by atoms with Crippen LogP contribution in [0.3, 0.4) is 0 Å². The second kappa shape index (κ2) is 16.4. The molecule has 0 aromatic heterocycles. The first-order valence-electron chi connectivity index (χ1n) is 10.2. The van der Waals surface area contributed by atoms with Crippen molar-refractivity contribution in [3.63, 3.8) is 0 Å². The molecule has 1 aliphatic rings. The average molecular weight is 451 g/mol. The summed E-state index contributed by atoms with van der Waals surface area (Å²) >= 11 is 0. The van der Waals surface area contributed by atoms with Gasteiger partial charge in [0.2, 0.25) is 0 Å². The van der Waals surface area contributed by atoms with Gasteiger partial charge in [-0.2, -0.15) is 0 Å². The molecule has 3 unspecified atom stereocenters. The fraction of sp³-hybridized carbons (Fsp3) is 0.440. The number of allylic oxidation sites excluding steroid dienone is 1. The van der Waals surface area contributed by atoms with Gasteiger partial charge in [0.05, 0.1) is 0 Å². The largest absolute Gasteiger partial charge is 0.118 e. The van der Waals surface area contributed by atoms with Gasteiger partial charge in [-0.05, 0) is 63.0 Å². The van der Waals surface area contributed by atoms with E-state index in [1.54, 1.807) is 5.56 Å². The zero-order valence-corrected chi connectivity index (χ0v) is 21.8. The van der Waals surface area contributed by atoms with Crippen LogP contribution in [0, 0.1) is 19.8 Å². The normalized spacial score (nSPS) is 14.4. The fourth-order valence-corrected chi connectivity index (χ4v) is 3.88. The number of aryl methyl sites for hydroxylation is 2. The standard InChI is InChI=1S/C15H22.C10H12.H4P2.V/c1-3-15(13-6-4-5-7-13)14-10-8-12(2)9-11-14;1-3-4-10-7-5-9(2)6-8-10;1-2;/h8-11,13,15H,3-7H2,1-2H3;3-8H,1-2H3;1-2H2;/b;4-3+;;. The predicted octanol–water partition coefficient (Wildman–Crippen LogP) is 8.36. The average Bonchev–Trinajstić information content (AvgIpc) is 3.23. The van der Waals surface area contributed by atoms with Crippen LogP contribution in [0.4, 0.5) is 0 Å². The van der Waals surface area contributed by atoms with Gasteiger partial charge in [-0.15, -0.1) is 17.9 Å². The van der Waals surface area contributed by atoms with Crippen LogP contribution >= 0.6 is 17.9 Å². The molecule has 0 bridgehead atoms. The van der Waals surface area contributed by atoms with Crippen molar-refractivity contribution in [3.05, 3.63) is 76.9 Å². The van der Waals surface area contributed by atoms with E-state index >= 15 is 0 Å². The fourth-order valence-electron chi connectivity index (χ4n) is 3.88. The Balaban J connectivity index is 0.000000493. The Kier molecular flexibility index (Phi) is 16.2. The first-order chi connectivity index (χ1) is 13.1. The minimum atomic E-state index is 0.